The van der Waals surface area contributed by atoms with Crippen molar-refractivity contribution in [3.05, 3.63) is 78.0 Å². The molecule has 4 rings (SSSR count). The first kappa shape index (κ1) is 13.7. The van der Waals surface area contributed by atoms with Gasteiger partial charge in [0.15, 0.2) is 0 Å². The van der Waals surface area contributed by atoms with Gasteiger partial charge in [-0.3, -0.25) is 9.36 Å². The number of nitrogens with one attached hydrogen (secondary N) is 1. The smallest absolute Gasteiger partial charge is 0.253 e. The second-order valence-electron chi connectivity index (χ2n) is 5.64. The Kier molecular flexibility index (Phi) is 3.38. The summed E-state index contributed by atoms with van der Waals surface area (Å²) in [5, 5.41) is 3.11. The van der Waals surface area contributed by atoms with Gasteiger partial charge in [0, 0.05) is 18.6 Å². The van der Waals surface area contributed by atoms with Crippen molar-refractivity contribution in [3.63, 3.8) is 0 Å². The van der Waals surface area contributed by atoms with E-state index >= 15 is 0 Å². The van der Waals surface area contributed by atoms with Gasteiger partial charge in [-0.1, -0.05) is 24.3 Å². The first-order valence-electron chi connectivity index (χ1n) is 7.64. The second kappa shape index (κ2) is 5.68. The van der Waals surface area contributed by atoms with E-state index in [2.05, 4.69) is 27.4 Å². The Morgan fingerprint density at radius 3 is 2.91 bits per heavy atom. The van der Waals surface area contributed by atoms with Crippen molar-refractivity contribution < 1.29 is 4.79 Å². The summed E-state index contributed by atoms with van der Waals surface area (Å²) in [6.45, 7) is 0. The fourth-order valence-electron chi connectivity index (χ4n) is 3.02. The number of carbonyl (C=O) groups excluding carboxylic acids is 1. The average molecular weight is 304 g/mol. The molecule has 5 heteroatoms. The number of rotatable bonds is 3. The standard InChI is InChI=1S/C18H16N4O/c23-18(21-16-7-5-13-3-1-2-4-15(13)16)14-6-8-17(20-11-14)22-10-9-19-12-22/h1-4,6,8-12,16H,5,7H2,(H,21,23). The lowest BCUT2D eigenvalue weighted by Crippen LogP contribution is -2.27. The minimum atomic E-state index is -0.0867. The Morgan fingerprint density at radius 2 is 2.13 bits per heavy atom. The molecule has 1 amide bonds. The lowest BCUT2D eigenvalue weighted by molar-refractivity contribution is 0.0936. The summed E-state index contributed by atoms with van der Waals surface area (Å²) in [4.78, 5) is 20.8. The van der Waals surface area contributed by atoms with Crippen LogP contribution in [0.3, 0.4) is 0 Å². The Morgan fingerprint density at radius 1 is 1.22 bits per heavy atom. The number of aryl methyl sites for hydroxylation is 1. The van der Waals surface area contributed by atoms with Gasteiger partial charge in [0.25, 0.3) is 5.91 Å². The SMILES string of the molecule is O=C(NC1CCc2ccccc21)c1ccc(-n2ccnc2)nc1. The molecule has 1 atom stereocenters. The third-order valence-corrected chi connectivity index (χ3v) is 4.22. The molecule has 0 aliphatic heterocycles. The third kappa shape index (κ3) is 2.61. The highest BCUT2D eigenvalue weighted by molar-refractivity contribution is 5.94. The molecule has 0 saturated heterocycles. The van der Waals surface area contributed by atoms with E-state index in [1.54, 1.807) is 29.4 Å². The van der Waals surface area contributed by atoms with Crippen molar-refractivity contribution in [2.45, 2.75) is 18.9 Å². The zero-order valence-electron chi connectivity index (χ0n) is 12.5. The predicted molar refractivity (Wildman–Crippen MR) is 86.3 cm³/mol. The molecule has 1 unspecified atom stereocenters. The van der Waals surface area contributed by atoms with Gasteiger partial charge in [-0.15, -0.1) is 0 Å². The average Bonchev–Trinajstić information content (AvgIpc) is 3.25. The summed E-state index contributed by atoms with van der Waals surface area (Å²) in [6, 6.07) is 12.0. The molecule has 23 heavy (non-hydrogen) atoms. The van der Waals surface area contributed by atoms with Gasteiger partial charge in [-0.2, -0.15) is 0 Å². The Hall–Kier alpha value is -2.95. The van der Waals surface area contributed by atoms with Gasteiger partial charge >= 0.3 is 0 Å². The topological polar surface area (TPSA) is 59.8 Å². The summed E-state index contributed by atoms with van der Waals surface area (Å²) < 4.78 is 1.80. The van der Waals surface area contributed by atoms with Crippen molar-refractivity contribution in [2.75, 3.05) is 0 Å². The molecule has 2 aromatic heterocycles. The second-order valence-corrected chi connectivity index (χ2v) is 5.64. The molecule has 5 nitrogen and oxygen atoms in total. The molecular weight excluding hydrogens is 288 g/mol. The van der Waals surface area contributed by atoms with Crippen LogP contribution in [-0.4, -0.2) is 20.4 Å². The quantitative estimate of drug-likeness (QED) is 0.809. The minimum Gasteiger partial charge on any atom is -0.345 e. The Balaban J connectivity index is 1.50. The number of benzene rings is 1. The highest BCUT2D eigenvalue weighted by Crippen LogP contribution is 2.30. The molecule has 1 N–H and O–H groups in total. The van der Waals surface area contributed by atoms with Gasteiger partial charge in [0.1, 0.15) is 12.1 Å². The van der Waals surface area contributed by atoms with Crippen LogP contribution in [0.4, 0.5) is 0 Å². The van der Waals surface area contributed by atoms with Crippen molar-refractivity contribution in [2.24, 2.45) is 0 Å². The summed E-state index contributed by atoms with van der Waals surface area (Å²) in [6.07, 6.45) is 8.75. The normalized spacial score (nSPS) is 16.1. The molecule has 0 spiro atoms. The van der Waals surface area contributed by atoms with Crippen LogP contribution >= 0.6 is 0 Å². The fraction of sp³-hybridized carbons (Fsp3) is 0.167. The molecule has 2 heterocycles. The fourth-order valence-corrected chi connectivity index (χ4v) is 3.02. The molecule has 0 radical (unpaired) electrons. The summed E-state index contributed by atoms with van der Waals surface area (Å²) in [5.74, 6) is 0.654. The van der Waals surface area contributed by atoms with Gasteiger partial charge in [0.05, 0.1) is 11.6 Å². The van der Waals surface area contributed by atoms with E-state index in [1.807, 2.05) is 24.4 Å². The molecule has 0 fully saturated rings. The maximum atomic E-state index is 12.4. The molecular formula is C18H16N4O. The Labute approximate surface area is 134 Å². The number of imidazole rings is 1. The van der Waals surface area contributed by atoms with Gasteiger partial charge in [0.2, 0.25) is 0 Å². The third-order valence-electron chi connectivity index (χ3n) is 4.22. The Bertz CT molecular complexity index is 824. The number of fused-ring (bicyclic) bond motifs is 1. The zero-order chi connectivity index (χ0) is 15.6. The van der Waals surface area contributed by atoms with E-state index in [1.165, 1.54) is 11.1 Å². The van der Waals surface area contributed by atoms with Crippen molar-refractivity contribution in [1.82, 2.24) is 19.9 Å². The number of pyridine rings is 1. The maximum Gasteiger partial charge on any atom is 0.253 e. The molecule has 114 valence electrons. The predicted octanol–water partition coefficient (Wildman–Crippen LogP) is 2.68. The summed E-state index contributed by atoms with van der Waals surface area (Å²) in [5.41, 5.74) is 3.12. The molecule has 1 aromatic carbocycles. The maximum absolute atomic E-state index is 12.4. The van der Waals surface area contributed by atoms with Gasteiger partial charge in [-0.25, -0.2) is 9.97 Å². The molecule has 0 bridgehead atoms. The van der Waals surface area contributed by atoms with Crippen LogP contribution < -0.4 is 5.32 Å². The molecule has 1 aliphatic rings. The number of aromatic nitrogens is 3. The van der Waals surface area contributed by atoms with E-state index in [9.17, 15) is 4.79 Å². The van der Waals surface area contributed by atoms with Crippen molar-refractivity contribution in [3.8, 4) is 5.82 Å². The molecule has 1 aliphatic carbocycles. The van der Waals surface area contributed by atoms with Crippen LogP contribution in [0.2, 0.25) is 0 Å². The highest BCUT2D eigenvalue weighted by atomic mass is 16.1. The van der Waals surface area contributed by atoms with Crippen LogP contribution in [0.15, 0.2) is 61.3 Å². The van der Waals surface area contributed by atoms with Crippen LogP contribution in [0.1, 0.15) is 33.9 Å². The van der Waals surface area contributed by atoms with E-state index in [0.717, 1.165) is 18.7 Å². The lowest BCUT2D eigenvalue weighted by Gasteiger charge is -2.14. The zero-order valence-corrected chi connectivity index (χ0v) is 12.5. The molecule has 3 aromatic rings. The van der Waals surface area contributed by atoms with Crippen molar-refractivity contribution in [1.29, 1.82) is 0 Å². The van der Waals surface area contributed by atoms with E-state index < -0.39 is 0 Å². The monoisotopic (exact) mass is 304 g/mol. The molecule has 0 saturated carbocycles. The summed E-state index contributed by atoms with van der Waals surface area (Å²) >= 11 is 0. The number of hydrogen-bond donors (Lipinski definition) is 1. The number of hydrogen-bond acceptors (Lipinski definition) is 3. The highest BCUT2D eigenvalue weighted by Gasteiger charge is 2.23. The number of carbonyl (C=O) groups is 1. The van der Waals surface area contributed by atoms with Crippen LogP contribution in [-0.2, 0) is 6.42 Å². The summed E-state index contributed by atoms with van der Waals surface area (Å²) in [7, 11) is 0. The van der Waals surface area contributed by atoms with Gasteiger partial charge < -0.3 is 5.32 Å². The van der Waals surface area contributed by atoms with E-state index in [-0.39, 0.29) is 11.9 Å². The first-order chi connectivity index (χ1) is 11.3. The lowest BCUT2D eigenvalue weighted by atomic mass is 10.1. The minimum absolute atomic E-state index is 0.0867. The van der Waals surface area contributed by atoms with Crippen LogP contribution in [0.5, 0.6) is 0 Å². The largest absolute Gasteiger partial charge is 0.345 e. The number of amides is 1. The van der Waals surface area contributed by atoms with Crippen LogP contribution in [0, 0.1) is 0 Å². The van der Waals surface area contributed by atoms with E-state index in [0.29, 0.717) is 5.56 Å². The van der Waals surface area contributed by atoms with Gasteiger partial charge in [-0.05, 0) is 36.1 Å². The van der Waals surface area contributed by atoms with Crippen LogP contribution in [0.25, 0.3) is 5.82 Å². The first-order valence-corrected chi connectivity index (χ1v) is 7.64. The van der Waals surface area contributed by atoms with E-state index in [4.69, 9.17) is 0 Å². The van der Waals surface area contributed by atoms with Crippen molar-refractivity contribution >= 4 is 5.91 Å². The number of nitrogens with zero attached hydrogens (tertiary/aromatic N) is 3.